The Labute approximate surface area is 114 Å². The van der Waals surface area contributed by atoms with E-state index in [0.29, 0.717) is 12.2 Å². The molecule has 0 aliphatic carbocycles. The Kier molecular flexibility index (Phi) is 4.16. The van der Waals surface area contributed by atoms with E-state index in [4.69, 9.17) is 5.11 Å². The van der Waals surface area contributed by atoms with E-state index in [1.54, 1.807) is 6.20 Å². The quantitative estimate of drug-likeness (QED) is 0.865. The molecule has 7 heteroatoms. The minimum atomic E-state index is -0.993. The molecule has 2 rings (SSSR count). The van der Waals surface area contributed by atoms with Gasteiger partial charge in [0.25, 0.3) is 0 Å². The summed E-state index contributed by atoms with van der Waals surface area (Å²) in [5.41, 5.74) is 0.670. The van der Waals surface area contributed by atoms with Crippen LogP contribution in [0.2, 0.25) is 0 Å². The van der Waals surface area contributed by atoms with E-state index in [-0.39, 0.29) is 18.9 Å². The summed E-state index contributed by atoms with van der Waals surface area (Å²) in [5.74, 6) is -1.19. The summed E-state index contributed by atoms with van der Waals surface area (Å²) in [6, 6.07) is 0. The van der Waals surface area contributed by atoms with Gasteiger partial charge in [-0.15, -0.1) is 11.3 Å². The van der Waals surface area contributed by atoms with Crippen molar-refractivity contribution in [2.75, 3.05) is 13.1 Å². The topological polar surface area (TPSA) is 74.9 Å². The highest BCUT2D eigenvalue weighted by Gasteiger charge is 2.17. The Morgan fingerprint density at radius 1 is 1.53 bits per heavy atom. The molecule has 0 radical (unpaired) electrons. The molecule has 0 aliphatic heterocycles. The highest BCUT2D eigenvalue weighted by atomic mass is 32.1. The SMILES string of the molecule is CCCN(CC(=O)O)C(=O)Cc1cn2ccsc2n1. The van der Waals surface area contributed by atoms with Crippen molar-refractivity contribution >= 4 is 28.2 Å². The first-order chi connectivity index (χ1) is 9.10. The van der Waals surface area contributed by atoms with Crippen molar-refractivity contribution in [3.63, 3.8) is 0 Å². The number of carbonyl (C=O) groups is 2. The zero-order chi connectivity index (χ0) is 13.8. The monoisotopic (exact) mass is 281 g/mol. The van der Waals surface area contributed by atoms with Crippen LogP contribution in [0, 0.1) is 0 Å². The number of nitrogens with zero attached hydrogens (tertiary/aromatic N) is 3. The lowest BCUT2D eigenvalue weighted by Gasteiger charge is -2.19. The lowest BCUT2D eigenvalue weighted by molar-refractivity contribution is -0.144. The van der Waals surface area contributed by atoms with Gasteiger partial charge in [-0.25, -0.2) is 4.98 Å². The van der Waals surface area contributed by atoms with Crippen molar-refractivity contribution in [2.24, 2.45) is 0 Å². The van der Waals surface area contributed by atoms with Crippen LogP contribution in [0.5, 0.6) is 0 Å². The van der Waals surface area contributed by atoms with Crippen LogP contribution in [0.1, 0.15) is 19.0 Å². The van der Waals surface area contributed by atoms with Crippen molar-refractivity contribution in [2.45, 2.75) is 19.8 Å². The van der Waals surface area contributed by atoms with Crippen molar-refractivity contribution in [1.82, 2.24) is 14.3 Å². The third-order valence-corrected chi connectivity index (χ3v) is 3.42. The first-order valence-electron chi connectivity index (χ1n) is 6.00. The molecule has 2 aromatic rings. The predicted molar refractivity (Wildman–Crippen MR) is 71.3 cm³/mol. The maximum atomic E-state index is 12.1. The average molecular weight is 281 g/mol. The van der Waals surface area contributed by atoms with E-state index in [0.717, 1.165) is 11.4 Å². The number of imidazole rings is 1. The standard InChI is InChI=1S/C12H15N3O3S/c1-2-3-14(8-11(17)18)10(16)6-9-7-15-4-5-19-12(15)13-9/h4-5,7H,2-3,6,8H2,1H3,(H,17,18). The zero-order valence-electron chi connectivity index (χ0n) is 10.6. The maximum Gasteiger partial charge on any atom is 0.323 e. The van der Waals surface area contributed by atoms with Crippen LogP contribution in [-0.4, -0.2) is 44.4 Å². The van der Waals surface area contributed by atoms with Crippen molar-refractivity contribution < 1.29 is 14.7 Å². The predicted octanol–water partition coefficient (Wildman–Crippen LogP) is 1.26. The zero-order valence-corrected chi connectivity index (χ0v) is 11.4. The van der Waals surface area contributed by atoms with Crippen LogP contribution in [0.4, 0.5) is 0 Å². The van der Waals surface area contributed by atoms with Gasteiger partial charge in [-0.3, -0.25) is 14.0 Å². The van der Waals surface area contributed by atoms with E-state index in [1.807, 2.05) is 22.9 Å². The second-order valence-electron chi connectivity index (χ2n) is 4.21. The van der Waals surface area contributed by atoms with E-state index in [2.05, 4.69) is 4.98 Å². The molecule has 0 saturated heterocycles. The van der Waals surface area contributed by atoms with E-state index in [9.17, 15) is 9.59 Å². The summed E-state index contributed by atoms with van der Waals surface area (Å²) in [6.45, 7) is 2.11. The van der Waals surface area contributed by atoms with Gasteiger partial charge in [0, 0.05) is 24.3 Å². The van der Waals surface area contributed by atoms with Crippen LogP contribution in [0.3, 0.4) is 0 Å². The molecule has 2 heterocycles. The lowest BCUT2D eigenvalue weighted by atomic mass is 10.2. The summed E-state index contributed by atoms with van der Waals surface area (Å²) in [4.78, 5) is 29.3. The molecule has 2 aromatic heterocycles. The molecule has 0 fully saturated rings. The molecule has 102 valence electrons. The number of hydrogen-bond acceptors (Lipinski definition) is 4. The Morgan fingerprint density at radius 3 is 2.95 bits per heavy atom. The molecule has 1 N–H and O–H groups in total. The third-order valence-electron chi connectivity index (χ3n) is 2.65. The van der Waals surface area contributed by atoms with Gasteiger partial charge in [-0.05, 0) is 6.42 Å². The average Bonchev–Trinajstić information content (AvgIpc) is 2.88. The van der Waals surface area contributed by atoms with Gasteiger partial charge in [0.2, 0.25) is 5.91 Å². The number of thiazole rings is 1. The number of hydrogen-bond donors (Lipinski definition) is 1. The molecule has 1 amide bonds. The summed E-state index contributed by atoms with van der Waals surface area (Å²) in [5, 5.41) is 10.7. The van der Waals surface area contributed by atoms with E-state index in [1.165, 1.54) is 16.2 Å². The van der Waals surface area contributed by atoms with E-state index < -0.39 is 5.97 Å². The molecule has 19 heavy (non-hydrogen) atoms. The Morgan fingerprint density at radius 2 is 2.32 bits per heavy atom. The first kappa shape index (κ1) is 13.5. The van der Waals surface area contributed by atoms with Crippen molar-refractivity contribution in [3.8, 4) is 0 Å². The van der Waals surface area contributed by atoms with Gasteiger partial charge in [-0.1, -0.05) is 6.92 Å². The number of carboxylic acid groups (broad SMARTS) is 1. The molecular formula is C12H15N3O3S. The maximum absolute atomic E-state index is 12.1. The third kappa shape index (κ3) is 3.31. The minimum absolute atomic E-state index is 0.141. The fourth-order valence-corrected chi connectivity index (χ4v) is 2.57. The van der Waals surface area contributed by atoms with Crippen LogP contribution >= 0.6 is 11.3 Å². The number of rotatable bonds is 6. The van der Waals surface area contributed by atoms with Crippen LogP contribution < -0.4 is 0 Å². The molecule has 0 aliphatic rings. The molecular weight excluding hydrogens is 266 g/mol. The molecule has 0 bridgehead atoms. The highest BCUT2D eigenvalue weighted by molar-refractivity contribution is 7.15. The highest BCUT2D eigenvalue weighted by Crippen LogP contribution is 2.12. The number of carboxylic acids is 1. The molecule has 0 aromatic carbocycles. The number of amides is 1. The summed E-state index contributed by atoms with van der Waals surface area (Å²) < 4.78 is 1.86. The fourth-order valence-electron chi connectivity index (χ4n) is 1.85. The van der Waals surface area contributed by atoms with Gasteiger partial charge < -0.3 is 10.0 Å². The van der Waals surface area contributed by atoms with Crippen LogP contribution in [-0.2, 0) is 16.0 Å². The van der Waals surface area contributed by atoms with Gasteiger partial charge in [0.15, 0.2) is 4.96 Å². The Hall–Kier alpha value is -1.89. The number of aliphatic carboxylic acids is 1. The van der Waals surface area contributed by atoms with Gasteiger partial charge >= 0.3 is 5.97 Å². The minimum Gasteiger partial charge on any atom is -0.480 e. The number of fused-ring (bicyclic) bond motifs is 1. The van der Waals surface area contributed by atoms with Gasteiger partial charge in [0.05, 0.1) is 12.1 Å². The molecule has 6 nitrogen and oxygen atoms in total. The molecule has 0 atom stereocenters. The second-order valence-corrected chi connectivity index (χ2v) is 5.08. The van der Waals surface area contributed by atoms with Crippen molar-refractivity contribution in [1.29, 1.82) is 0 Å². The van der Waals surface area contributed by atoms with Gasteiger partial charge in [0.1, 0.15) is 6.54 Å². The molecule has 0 unspecified atom stereocenters. The Balaban J connectivity index is 2.05. The smallest absolute Gasteiger partial charge is 0.323 e. The fraction of sp³-hybridized carbons (Fsp3) is 0.417. The van der Waals surface area contributed by atoms with E-state index >= 15 is 0 Å². The summed E-state index contributed by atoms with van der Waals surface area (Å²) >= 11 is 1.50. The summed E-state index contributed by atoms with van der Waals surface area (Å²) in [7, 11) is 0. The normalized spacial score (nSPS) is 10.8. The first-order valence-corrected chi connectivity index (χ1v) is 6.88. The van der Waals surface area contributed by atoms with Crippen LogP contribution in [0.25, 0.3) is 4.96 Å². The number of aromatic nitrogens is 2. The second kappa shape index (κ2) is 5.83. The molecule has 0 spiro atoms. The van der Waals surface area contributed by atoms with Crippen LogP contribution in [0.15, 0.2) is 17.8 Å². The van der Waals surface area contributed by atoms with Crippen molar-refractivity contribution in [3.05, 3.63) is 23.5 Å². The molecule has 0 saturated carbocycles. The largest absolute Gasteiger partial charge is 0.480 e. The Bertz CT molecular complexity index is 561. The summed E-state index contributed by atoms with van der Waals surface area (Å²) in [6.07, 6.45) is 4.55. The lowest BCUT2D eigenvalue weighted by Crippen LogP contribution is -2.37. The van der Waals surface area contributed by atoms with Gasteiger partial charge in [-0.2, -0.15) is 0 Å². The number of carbonyl (C=O) groups excluding carboxylic acids is 1.